The summed E-state index contributed by atoms with van der Waals surface area (Å²) < 4.78 is 5.96. The van der Waals surface area contributed by atoms with Crippen molar-refractivity contribution in [3.8, 4) is 0 Å². The van der Waals surface area contributed by atoms with Crippen LogP contribution in [0.3, 0.4) is 0 Å². The Kier molecular flexibility index (Phi) is 3.92. The van der Waals surface area contributed by atoms with Crippen molar-refractivity contribution >= 4 is 5.91 Å². The number of benzene rings is 1. The summed E-state index contributed by atoms with van der Waals surface area (Å²) in [5, 5.41) is 0. The normalized spacial score (nSPS) is 22.0. The number of aromatic nitrogens is 2. The summed E-state index contributed by atoms with van der Waals surface area (Å²) in [7, 11) is 0. The van der Waals surface area contributed by atoms with Gasteiger partial charge < -0.3 is 9.64 Å². The van der Waals surface area contributed by atoms with Gasteiger partial charge in [-0.1, -0.05) is 30.3 Å². The van der Waals surface area contributed by atoms with Crippen LogP contribution in [0.15, 0.2) is 48.9 Å². The molecule has 2 atom stereocenters. The number of hydrogen-bond donors (Lipinski definition) is 0. The summed E-state index contributed by atoms with van der Waals surface area (Å²) in [6.45, 7) is 3.08. The number of hydrogen-bond acceptors (Lipinski definition) is 4. The average Bonchev–Trinajstić information content (AvgIpc) is 2.55. The van der Waals surface area contributed by atoms with Crippen molar-refractivity contribution < 1.29 is 9.53 Å². The van der Waals surface area contributed by atoms with Gasteiger partial charge in [-0.25, -0.2) is 4.98 Å². The Balaban J connectivity index is 1.79. The molecular formula is C16H17N3O2. The second-order valence-electron chi connectivity index (χ2n) is 5.15. The molecule has 108 valence electrons. The van der Waals surface area contributed by atoms with Crippen LogP contribution >= 0.6 is 0 Å². The van der Waals surface area contributed by atoms with E-state index in [1.54, 1.807) is 11.1 Å². The predicted octanol–water partition coefficient (Wildman–Crippen LogP) is 2.08. The molecular weight excluding hydrogens is 266 g/mol. The highest BCUT2D eigenvalue weighted by molar-refractivity contribution is 5.92. The van der Waals surface area contributed by atoms with Gasteiger partial charge in [-0.15, -0.1) is 0 Å². The largest absolute Gasteiger partial charge is 0.367 e. The van der Waals surface area contributed by atoms with Crippen molar-refractivity contribution in [2.75, 3.05) is 13.1 Å². The second kappa shape index (κ2) is 6.01. The summed E-state index contributed by atoms with van der Waals surface area (Å²) >= 11 is 0. The molecule has 1 saturated heterocycles. The SMILES string of the molecule is CC1CN(C(=O)c2cnccn2)CC(c2ccccc2)O1. The van der Waals surface area contributed by atoms with Gasteiger partial charge in [-0.05, 0) is 12.5 Å². The van der Waals surface area contributed by atoms with Crippen LogP contribution in [-0.4, -0.2) is 40.0 Å². The fourth-order valence-corrected chi connectivity index (χ4v) is 2.54. The number of nitrogens with zero attached hydrogens (tertiary/aromatic N) is 3. The third kappa shape index (κ3) is 3.08. The minimum atomic E-state index is -0.101. The first-order valence-electron chi connectivity index (χ1n) is 7.00. The molecule has 1 aromatic heterocycles. The molecule has 1 amide bonds. The molecule has 21 heavy (non-hydrogen) atoms. The zero-order valence-electron chi connectivity index (χ0n) is 11.8. The maximum Gasteiger partial charge on any atom is 0.274 e. The van der Waals surface area contributed by atoms with E-state index in [9.17, 15) is 4.79 Å². The Hall–Kier alpha value is -2.27. The van der Waals surface area contributed by atoms with Crippen LogP contribution in [0.4, 0.5) is 0 Å². The lowest BCUT2D eigenvalue weighted by Crippen LogP contribution is -2.46. The number of carbonyl (C=O) groups excluding carboxylic acids is 1. The Morgan fingerprint density at radius 1 is 1.24 bits per heavy atom. The number of ether oxygens (including phenoxy) is 1. The Morgan fingerprint density at radius 2 is 2.05 bits per heavy atom. The summed E-state index contributed by atoms with van der Waals surface area (Å²) in [6, 6.07) is 9.97. The van der Waals surface area contributed by atoms with Gasteiger partial charge in [0.2, 0.25) is 0 Å². The van der Waals surface area contributed by atoms with E-state index in [4.69, 9.17) is 4.74 Å². The fraction of sp³-hybridized carbons (Fsp3) is 0.312. The second-order valence-corrected chi connectivity index (χ2v) is 5.15. The van der Waals surface area contributed by atoms with Crippen molar-refractivity contribution in [2.24, 2.45) is 0 Å². The van der Waals surface area contributed by atoms with Crippen molar-refractivity contribution in [3.05, 3.63) is 60.2 Å². The third-order valence-electron chi connectivity index (χ3n) is 3.50. The third-order valence-corrected chi connectivity index (χ3v) is 3.50. The molecule has 1 aromatic carbocycles. The lowest BCUT2D eigenvalue weighted by Gasteiger charge is -2.36. The molecule has 0 aliphatic carbocycles. The Bertz CT molecular complexity index is 603. The first kappa shape index (κ1) is 13.7. The molecule has 5 heteroatoms. The van der Waals surface area contributed by atoms with Gasteiger partial charge in [0.1, 0.15) is 11.8 Å². The molecule has 0 bridgehead atoms. The lowest BCUT2D eigenvalue weighted by atomic mass is 10.1. The van der Waals surface area contributed by atoms with E-state index in [0.717, 1.165) is 5.56 Å². The van der Waals surface area contributed by atoms with E-state index in [1.807, 2.05) is 37.3 Å². The Labute approximate surface area is 123 Å². The lowest BCUT2D eigenvalue weighted by molar-refractivity contribution is -0.0693. The van der Waals surface area contributed by atoms with Crippen molar-refractivity contribution in [1.82, 2.24) is 14.9 Å². The number of morpholine rings is 1. The van der Waals surface area contributed by atoms with Crippen molar-refractivity contribution in [2.45, 2.75) is 19.1 Å². The highest BCUT2D eigenvalue weighted by atomic mass is 16.5. The molecule has 0 N–H and O–H groups in total. The zero-order valence-corrected chi connectivity index (χ0v) is 11.8. The molecule has 2 unspecified atom stereocenters. The minimum Gasteiger partial charge on any atom is -0.367 e. The summed E-state index contributed by atoms with van der Waals surface area (Å²) in [5.41, 5.74) is 1.46. The van der Waals surface area contributed by atoms with Crippen LogP contribution in [0.2, 0.25) is 0 Å². The van der Waals surface area contributed by atoms with Crippen LogP contribution in [-0.2, 0) is 4.74 Å². The van der Waals surface area contributed by atoms with Crippen LogP contribution < -0.4 is 0 Å². The number of rotatable bonds is 2. The van der Waals surface area contributed by atoms with E-state index in [2.05, 4.69) is 9.97 Å². The minimum absolute atomic E-state index is 0.00965. The molecule has 2 aromatic rings. The van der Waals surface area contributed by atoms with E-state index in [-0.39, 0.29) is 18.1 Å². The van der Waals surface area contributed by atoms with E-state index in [0.29, 0.717) is 18.8 Å². The Morgan fingerprint density at radius 3 is 2.76 bits per heavy atom. The van der Waals surface area contributed by atoms with Gasteiger partial charge in [-0.2, -0.15) is 0 Å². The van der Waals surface area contributed by atoms with Gasteiger partial charge in [0.15, 0.2) is 0 Å². The topological polar surface area (TPSA) is 55.3 Å². The molecule has 0 spiro atoms. The quantitative estimate of drug-likeness (QED) is 0.846. The monoisotopic (exact) mass is 283 g/mol. The maximum atomic E-state index is 12.5. The van der Waals surface area contributed by atoms with E-state index in [1.165, 1.54) is 12.4 Å². The van der Waals surface area contributed by atoms with Crippen molar-refractivity contribution in [1.29, 1.82) is 0 Å². The molecule has 0 saturated carbocycles. The predicted molar refractivity (Wildman–Crippen MR) is 77.7 cm³/mol. The first-order chi connectivity index (χ1) is 10.2. The zero-order chi connectivity index (χ0) is 14.7. The highest BCUT2D eigenvalue weighted by Gasteiger charge is 2.30. The van der Waals surface area contributed by atoms with E-state index < -0.39 is 0 Å². The summed E-state index contributed by atoms with van der Waals surface area (Å²) in [5.74, 6) is -0.0980. The van der Waals surface area contributed by atoms with Gasteiger partial charge in [0.25, 0.3) is 5.91 Å². The molecule has 1 aliphatic rings. The molecule has 2 heterocycles. The van der Waals surface area contributed by atoms with Crippen molar-refractivity contribution in [3.63, 3.8) is 0 Å². The molecule has 1 aliphatic heterocycles. The van der Waals surface area contributed by atoms with Crippen LogP contribution in [0.5, 0.6) is 0 Å². The van der Waals surface area contributed by atoms with Gasteiger partial charge >= 0.3 is 0 Å². The summed E-state index contributed by atoms with van der Waals surface area (Å²) in [4.78, 5) is 22.3. The molecule has 1 fully saturated rings. The smallest absolute Gasteiger partial charge is 0.274 e. The first-order valence-corrected chi connectivity index (χ1v) is 7.00. The van der Waals surface area contributed by atoms with Crippen LogP contribution in [0.1, 0.15) is 29.1 Å². The number of carbonyl (C=O) groups is 1. The average molecular weight is 283 g/mol. The fourth-order valence-electron chi connectivity index (χ4n) is 2.54. The van der Waals surface area contributed by atoms with Gasteiger partial charge in [-0.3, -0.25) is 9.78 Å². The molecule has 3 rings (SSSR count). The van der Waals surface area contributed by atoms with E-state index >= 15 is 0 Å². The van der Waals surface area contributed by atoms with Gasteiger partial charge in [0, 0.05) is 18.9 Å². The van der Waals surface area contributed by atoms with Gasteiger partial charge in [0.05, 0.1) is 18.8 Å². The number of amides is 1. The maximum absolute atomic E-state index is 12.5. The highest BCUT2D eigenvalue weighted by Crippen LogP contribution is 2.25. The van der Waals surface area contributed by atoms with Crippen LogP contribution in [0, 0.1) is 0 Å². The molecule has 0 radical (unpaired) electrons. The molecule has 5 nitrogen and oxygen atoms in total. The standard InChI is InChI=1S/C16H17N3O2/c1-12-10-19(16(20)14-9-17-7-8-18-14)11-15(21-12)13-5-3-2-4-6-13/h2-9,12,15H,10-11H2,1H3. The van der Waals surface area contributed by atoms with Crippen LogP contribution in [0.25, 0.3) is 0 Å². The summed E-state index contributed by atoms with van der Waals surface area (Å²) in [6.07, 6.45) is 4.48.